The van der Waals surface area contributed by atoms with Crippen molar-refractivity contribution in [3.05, 3.63) is 36.4 Å². The molecule has 0 spiro atoms. The Morgan fingerprint density at radius 3 is 0.956 bits per heavy atom. The van der Waals surface area contributed by atoms with Crippen LogP contribution in [-0.2, 0) is 47.9 Å². The van der Waals surface area contributed by atoms with Gasteiger partial charge in [-0.3, -0.25) is 47.9 Å². The van der Waals surface area contributed by atoms with Gasteiger partial charge in [0.1, 0.15) is 11.5 Å². The molecular weight excluding hydrogens is 912 g/mol. The van der Waals surface area contributed by atoms with Crippen LogP contribution in [0.5, 0.6) is 103 Å². The van der Waals surface area contributed by atoms with Crippen LogP contribution in [0.3, 0.4) is 0 Å². The quantitative estimate of drug-likeness (QED) is 0.0856. The molecule has 0 atom stereocenters. The highest BCUT2D eigenvalue weighted by Crippen LogP contribution is 2.63. The van der Waals surface area contributed by atoms with Crippen molar-refractivity contribution in [2.45, 2.75) is 69.2 Å². The number of hydrogen-bond donors (Lipinski definition) is 0. The highest BCUT2D eigenvalue weighted by Gasteiger charge is 2.38. The summed E-state index contributed by atoms with van der Waals surface area (Å²) in [6, 6.07) is 5.98. The molecule has 356 valence electrons. The molecule has 0 amide bonds. The first-order valence-corrected chi connectivity index (χ1v) is 19.2. The SMILES string of the molecule is CC(=O)Oc1cc(OC(C)=O)c(Oc2cc3c(c(OC(C)=O)c2OC(C)=O)Oc2cc(OC(C)=O)c(Oc4cc(OC(C)=O)c(OC(C)=O)c(OC(C)=O)c4)c(OC(C)=O)c2O3)c(OC(C)=O)c1. The first-order chi connectivity index (χ1) is 31.9. The van der Waals surface area contributed by atoms with Crippen LogP contribution in [-0.4, -0.2) is 59.7 Å². The number of ether oxygens (including phenoxy) is 14. The minimum atomic E-state index is -1.04. The van der Waals surface area contributed by atoms with E-state index in [1.165, 1.54) is 0 Å². The first-order valence-electron chi connectivity index (χ1n) is 19.2. The number of esters is 10. The standard InChI is InChI=1S/C44H36O24/c1-17(45)55-27-11-31(58-20(4)48)38(32(12-27)59-21(5)49)66-34-16-36-41(43(63-25(9)53)39(34)62-24(8)52)67-35-15-33(60-22(6)50)40(44(42(35)68-36)64-26(10)54)65-28-13-29(56-18(2)46)37(61-23(7)51)30(14-28)57-19(3)47/h11-16H,1-10H3. The maximum atomic E-state index is 12.8. The van der Waals surface area contributed by atoms with Gasteiger partial charge in [0.05, 0.1) is 0 Å². The Morgan fingerprint density at radius 2 is 0.574 bits per heavy atom. The molecule has 0 aliphatic carbocycles. The largest absolute Gasteiger partial charge is 0.449 e. The molecule has 1 aliphatic rings. The zero-order chi connectivity index (χ0) is 50.3. The third-order valence-electron chi connectivity index (χ3n) is 7.60. The molecule has 5 rings (SSSR count). The highest BCUT2D eigenvalue weighted by molar-refractivity contribution is 5.85. The van der Waals surface area contributed by atoms with Crippen molar-refractivity contribution in [2.75, 3.05) is 0 Å². The van der Waals surface area contributed by atoms with Crippen molar-refractivity contribution in [2.24, 2.45) is 0 Å². The summed E-state index contributed by atoms with van der Waals surface area (Å²) < 4.78 is 77.7. The molecule has 0 fully saturated rings. The molecular formula is C44H36O24. The van der Waals surface area contributed by atoms with Crippen molar-refractivity contribution in [1.29, 1.82) is 0 Å². The summed E-state index contributed by atoms with van der Waals surface area (Å²) in [6.45, 7) is 9.94. The molecule has 1 aliphatic heterocycles. The van der Waals surface area contributed by atoms with Gasteiger partial charge in [0.2, 0.25) is 46.0 Å². The van der Waals surface area contributed by atoms with E-state index in [-0.39, 0.29) is 5.75 Å². The van der Waals surface area contributed by atoms with E-state index in [0.29, 0.717) is 0 Å². The fraction of sp³-hybridized carbons (Fsp3) is 0.227. The molecule has 68 heavy (non-hydrogen) atoms. The molecule has 24 heteroatoms. The summed E-state index contributed by atoms with van der Waals surface area (Å²) >= 11 is 0. The lowest BCUT2D eigenvalue weighted by molar-refractivity contribution is -0.135. The zero-order valence-corrected chi connectivity index (χ0v) is 37.3. The van der Waals surface area contributed by atoms with E-state index in [0.717, 1.165) is 106 Å². The Labute approximate surface area is 382 Å². The lowest BCUT2D eigenvalue weighted by Gasteiger charge is -2.27. The molecule has 0 saturated carbocycles. The van der Waals surface area contributed by atoms with Crippen molar-refractivity contribution in [1.82, 2.24) is 0 Å². The van der Waals surface area contributed by atoms with E-state index < -0.39 is 157 Å². The molecule has 0 radical (unpaired) electrons. The Kier molecular flexibility index (Phi) is 15.2. The van der Waals surface area contributed by atoms with Gasteiger partial charge in [0.25, 0.3) is 0 Å². The monoisotopic (exact) mass is 948 g/mol. The fourth-order valence-electron chi connectivity index (χ4n) is 5.72. The van der Waals surface area contributed by atoms with Gasteiger partial charge in [0.15, 0.2) is 46.0 Å². The summed E-state index contributed by atoms with van der Waals surface area (Å²) in [6.07, 6.45) is 0. The number of carbonyl (C=O) groups is 10. The minimum Gasteiger partial charge on any atom is -0.449 e. The molecule has 4 aromatic carbocycles. The summed E-state index contributed by atoms with van der Waals surface area (Å²) in [5.41, 5.74) is 0. The van der Waals surface area contributed by atoms with Crippen LogP contribution in [0.25, 0.3) is 0 Å². The lowest BCUT2D eigenvalue weighted by Crippen LogP contribution is -2.13. The smallest absolute Gasteiger partial charge is 0.308 e. The zero-order valence-electron chi connectivity index (χ0n) is 37.3. The van der Waals surface area contributed by atoms with Gasteiger partial charge in [-0.1, -0.05) is 0 Å². The molecule has 1 heterocycles. The molecule has 0 aromatic heterocycles. The number of benzene rings is 4. The number of rotatable bonds is 14. The van der Waals surface area contributed by atoms with Crippen LogP contribution >= 0.6 is 0 Å². The topological polar surface area (TPSA) is 300 Å². The van der Waals surface area contributed by atoms with Gasteiger partial charge in [0, 0.05) is 106 Å². The van der Waals surface area contributed by atoms with Crippen molar-refractivity contribution in [3.63, 3.8) is 0 Å². The van der Waals surface area contributed by atoms with E-state index in [1.807, 2.05) is 0 Å². The third-order valence-corrected chi connectivity index (χ3v) is 7.60. The molecule has 24 nitrogen and oxygen atoms in total. The van der Waals surface area contributed by atoms with E-state index >= 15 is 0 Å². The lowest BCUT2D eigenvalue weighted by atomic mass is 10.2. The van der Waals surface area contributed by atoms with E-state index in [1.54, 1.807) is 0 Å². The normalized spacial score (nSPS) is 10.7. The van der Waals surface area contributed by atoms with E-state index in [2.05, 4.69) is 0 Å². The van der Waals surface area contributed by atoms with Gasteiger partial charge < -0.3 is 66.3 Å². The molecule has 4 aromatic rings. The van der Waals surface area contributed by atoms with Crippen molar-refractivity contribution < 1.29 is 114 Å². The van der Waals surface area contributed by atoms with Gasteiger partial charge in [-0.25, -0.2) is 0 Å². The van der Waals surface area contributed by atoms with Gasteiger partial charge in [-0.05, 0) is 0 Å². The minimum absolute atomic E-state index is 0.286. The number of fused-ring (bicyclic) bond motifs is 2. The maximum absolute atomic E-state index is 12.8. The second-order valence-corrected chi connectivity index (χ2v) is 13.6. The van der Waals surface area contributed by atoms with E-state index in [9.17, 15) is 47.9 Å². The second kappa shape index (κ2) is 20.7. The summed E-state index contributed by atoms with van der Waals surface area (Å²) in [5.74, 6) is -19.4. The third kappa shape index (κ3) is 12.5. The van der Waals surface area contributed by atoms with Crippen molar-refractivity contribution in [3.8, 4) is 103 Å². The fourth-order valence-corrected chi connectivity index (χ4v) is 5.72. The van der Waals surface area contributed by atoms with Crippen LogP contribution in [0, 0.1) is 0 Å². The van der Waals surface area contributed by atoms with Gasteiger partial charge >= 0.3 is 59.7 Å². The molecule has 0 bridgehead atoms. The number of hydrogen-bond acceptors (Lipinski definition) is 24. The van der Waals surface area contributed by atoms with Crippen LogP contribution in [0.2, 0.25) is 0 Å². The second-order valence-electron chi connectivity index (χ2n) is 13.6. The Bertz CT molecular complexity index is 2760. The maximum Gasteiger partial charge on any atom is 0.308 e. The van der Waals surface area contributed by atoms with Crippen LogP contribution < -0.4 is 66.3 Å². The molecule has 0 saturated heterocycles. The number of carbonyl (C=O) groups excluding carboxylic acids is 10. The molecule has 0 N–H and O–H groups in total. The Balaban J connectivity index is 1.82. The average Bonchev–Trinajstić information content (AvgIpc) is 3.17. The predicted octanol–water partition coefficient (Wildman–Crippen LogP) is 6.42. The highest BCUT2D eigenvalue weighted by atomic mass is 16.6. The van der Waals surface area contributed by atoms with E-state index in [4.69, 9.17) is 66.3 Å². The summed E-state index contributed by atoms with van der Waals surface area (Å²) in [7, 11) is 0. The summed E-state index contributed by atoms with van der Waals surface area (Å²) in [4.78, 5) is 123. The predicted molar refractivity (Wildman–Crippen MR) is 219 cm³/mol. The first kappa shape index (κ1) is 49.8. The van der Waals surface area contributed by atoms with Crippen molar-refractivity contribution >= 4 is 59.7 Å². The average molecular weight is 949 g/mol. The van der Waals surface area contributed by atoms with Gasteiger partial charge in [-0.15, -0.1) is 0 Å². The van der Waals surface area contributed by atoms with Crippen LogP contribution in [0.1, 0.15) is 69.2 Å². The Hall–Kier alpha value is -9.22. The van der Waals surface area contributed by atoms with Crippen LogP contribution in [0.15, 0.2) is 36.4 Å². The summed E-state index contributed by atoms with van der Waals surface area (Å²) in [5, 5.41) is 0. The van der Waals surface area contributed by atoms with Crippen LogP contribution in [0.4, 0.5) is 0 Å². The van der Waals surface area contributed by atoms with Gasteiger partial charge in [-0.2, -0.15) is 0 Å². The Morgan fingerprint density at radius 1 is 0.279 bits per heavy atom. The molecule has 0 unspecified atom stereocenters.